The molecule has 0 unspecified atom stereocenters. The van der Waals surface area contributed by atoms with E-state index in [1.807, 2.05) is 39.0 Å². The van der Waals surface area contributed by atoms with Gasteiger partial charge in [0, 0.05) is 61.2 Å². The van der Waals surface area contributed by atoms with E-state index in [4.69, 9.17) is 14.2 Å². The van der Waals surface area contributed by atoms with Crippen LogP contribution in [0.5, 0.6) is 0 Å². The zero-order valence-corrected chi connectivity index (χ0v) is 76.6. The Kier molecular flexibility index (Phi) is 22.4. The van der Waals surface area contributed by atoms with Gasteiger partial charge in [-0.1, -0.05) is 322 Å². The summed E-state index contributed by atoms with van der Waals surface area (Å²) < 4.78 is 16.9. The zero-order valence-electron chi connectivity index (χ0n) is 76.6. The third kappa shape index (κ3) is 15.4. The van der Waals surface area contributed by atoms with Crippen LogP contribution in [0.15, 0.2) is 430 Å². The summed E-state index contributed by atoms with van der Waals surface area (Å²) >= 11 is 0. The van der Waals surface area contributed by atoms with Crippen molar-refractivity contribution in [1.82, 2.24) is 0 Å². The number of allylic oxidation sites excluding steroid dienone is 6. The van der Waals surface area contributed by atoms with Gasteiger partial charge >= 0.3 is 0 Å². The fourth-order valence-electron chi connectivity index (χ4n) is 20.5. The number of benzene rings is 23. The first-order valence-corrected chi connectivity index (χ1v) is 45.7. The maximum Gasteiger partial charge on any atom is 0.163 e. The van der Waals surface area contributed by atoms with Crippen LogP contribution in [0.2, 0.25) is 0 Å². The average Bonchev–Trinajstić information content (AvgIpc) is 0.725. The van der Waals surface area contributed by atoms with Crippen molar-refractivity contribution in [1.29, 1.82) is 0 Å². The second-order valence-electron chi connectivity index (χ2n) is 34.7. The maximum absolute atomic E-state index is 13.2. The lowest BCUT2D eigenvalue weighted by Gasteiger charge is -2.30. The molecule has 0 aromatic heterocycles. The predicted molar refractivity (Wildman–Crippen MR) is 570 cm³/mol. The maximum atomic E-state index is 13.2. The van der Waals surface area contributed by atoms with E-state index in [0.29, 0.717) is 34.0 Å². The minimum atomic E-state index is -0.0247. The molecule has 9 nitrogen and oxygen atoms in total. The molecular formula is C126H95N3O6. The molecule has 0 saturated heterocycles. The molecule has 0 spiro atoms. The largest absolute Gasteiger partial charge is 0.501 e. The van der Waals surface area contributed by atoms with Gasteiger partial charge in [-0.25, -0.2) is 0 Å². The number of nitrogens with zero attached hydrogens (tertiary/aromatic N) is 3. The van der Waals surface area contributed by atoms with E-state index in [1.165, 1.54) is 70.0 Å². The average molecular weight is 1750 g/mol. The first kappa shape index (κ1) is 84.8. The van der Waals surface area contributed by atoms with E-state index in [0.717, 1.165) is 149 Å². The van der Waals surface area contributed by atoms with Crippen LogP contribution in [0.1, 0.15) is 58.2 Å². The van der Waals surface area contributed by atoms with Crippen molar-refractivity contribution in [2.45, 2.75) is 41.5 Å². The summed E-state index contributed by atoms with van der Waals surface area (Å²) in [7, 11) is 4.87. The molecule has 0 saturated carbocycles. The molecule has 650 valence electrons. The van der Waals surface area contributed by atoms with E-state index >= 15 is 0 Å². The lowest BCUT2D eigenvalue weighted by molar-refractivity contribution is -0.112. The second-order valence-corrected chi connectivity index (χ2v) is 34.7. The molecule has 0 aliphatic carbocycles. The summed E-state index contributed by atoms with van der Waals surface area (Å²) in [6.07, 6.45) is 0. The fraction of sp³-hybridized carbons (Fsp3) is 0.0714. The minimum Gasteiger partial charge on any atom is -0.501 e. The molecule has 23 aromatic rings. The highest BCUT2D eigenvalue weighted by Crippen LogP contribution is 2.52. The number of Topliss-reactive ketones (excluding diaryl/α,β-unsaturated/α-hetero) is 3. The molecule has 0 radical (unpaired) electrons. The Bertz CT molecular complexity index is 8590. The predicted octanol–water partition coefficient (Wildman–Crippen LogP) is 34.0. The number of carbonyl (C=O) groups excluding carboxylic acids is 3. The smallest absolute Gasteiger partial charge is 0.163 e. The van der Waals surface area contributed by atoms with Gasteiger partial charge in [0.05, 0.1) is 55.1 Å². The SMILES string of the molecule is CO/C(C)=C(\C(C)=O)c1c2ccccc2c(N(c2ccc3ccccc3c2)c2ccc3ccccc3c2)c2ccccc12.CO/C(C)=C(\C(C)=O)c1cc2c3ccccc3c(N(c3ccc4ccccc4c3)c3ccc4ccccc4c3)cc2c2ccccc12.CO/C(C)=C(\C(C)=O)c1ccc2ccc3c(N(c4ccc5ccccc5c4)c4ccc5ccccc5c4)ccc4ccc1c2c43. The summed E-state index contributed by atoms with van der Waals surface area (Å²) in [5.74, 6) is 1.79. The van der Waals surface area contributed by atoms with Crippen molar-refractivity contribution >= 4 is 236 Å². The Morgan fingerprint density at radius 3 is 0.852 bits per heavy atom. The number of hydrogen-bond donors (Lipinski definition) is 0. The molecule has 0 fully saturated rings. The van der Waals surface area contributed by atoms with Crippen LogP contribution in [0, 0.1) is 0 Å². The minimum absolute atomic E-state index is 0.0103. The van der Waals surface area contributed by atoms with E-state index < -0.39 is 0 Å². The first-order chi connectivity index (χ1) is 66.1. The molecule has 9 heteroatoms. The fourth-order valence-corrected chi connectivity index (χ4v) is 20.5. The van der Waals surface area contributed by atoms with Crippen molar-refractivity contribution in [3.63, 3.8) is 0 Å². The summed E-state index contributed by atoms with van der Waals surface area (Å²) in [6.45, 7) is 10.4. The van der Waals surface area contributed by atoms with Gasteiger partial charge in [0.15, 0.2) is 17.3 Å². The summed E-state index contributed by atoms with van der Waals surface area (Å²) in [5, 5.41) is 31.9. The van der Waals surface area contributed by atoms with E-state index in [2.05, 4.69) is 409 Å². The quantitative estimate of drug-likeness (QED) is 0.0361. The normalized spacial score (nSPS) is 12.2. The highest BCUT2D eigenvalue weighted by Gasteiger charge is 2.29. The van der Waals surface area contributed by atoms with Crippen molar-refractivity contribution in [3.05, 3.63) is 446 Å². The number of rotatable bonds is 18. The number of ether oxygens (including phenoxy) is 3. The molecular weight excluding hydrogens is 1650 g/mol. The van der Waals surface area contributed by atoms with Crippen molar-refractivity contribution in [2.24, 2.45) is 0 Å². The van der Waals surface area contributed by atoms with E-state index in [9.17, 15) is 14.4 Å². The number of anilines is 9. The zero-order chi connectivity index (χ0) is 92.2. The molecule has 0 aliphatic rings. The molecule has 0 heterocycles. The lowest BCUT2D eigenvalue weighted by atomic mass is 9.88. The van der Waals surface area contributed by atoms with Gasteiger partial charge in [-0.05, 0) is 273 Å². The van der Waals surface area contributed by atoms with E-state index in [-0.39, 0.29) is 17.3 Å². The molecule has 0 N–H and O–H groups in total. The topological polar surface area (TPSA) is 88.6 Å². The molecule has 0 amide bonds. The lowest BCUT2D eigenvalue weighted by Crippen LogP contribution is -2.12. The van der Waals surface area contributed by atoms with Crippen molar-refractivity contribution in [3.8, 4) is 0 Å². The molecule has 0 bridgehead atoms. The number of hydrogen-bond acceptors (Lipinski definition) is 9. The number of ketones is 3. The van der Waals surface area contributed by atoms with Crippen LogP contribution in [-0.2, 0) is 28.6 Å². The van der Waals surface area contributed by atoms with Gasteiger partial charge in [0.1, 0.15) is 17.3 Å². The van der Waals surface area contributed by atoms with Crippen molar-refractivity contribution < 1.29 is 28.6 Å². The van der Waals surface area contributed by atoms with Crippen LogP contribution >= 0.6 is 0 Å². The molecule has 135 heavy (non-hydrogen) atoms. The molecule has 0 atom stereocenters. The third-order valence-corrected chi connectivity index (χ3v) is 26.9. The number of fused-ring (bicyclic) bond motifs is 13. The van der Waals surface area contributed by atoms with Gasteiger partial charge < -0.3 is 28.9 Å². The Hall–Kier alpha value is -17.0. The third-order valence-electron chi connectivity index (χ3n) is 26.9. The van der Waals surface area contributed by atoms with E-state index in [1.54, 1.807) is 42.1 Å². The van der Waals surface area contributed by atoms with Gasteiger partial charge in [-0.15, -0.1) is 0 Å². The van der Waals surface area contributed by atoms with Gasteiger partial charge in [0.25, 0.3) is 0 Å². The number of carbonyl (C=O) groups is 3. The van der Waals surface area contributed by atoms with Crippen LogP contribution < -0.4 is 14.7 Å². The van der Waals surface area contributed by atoms with Crippen LogP contribution in [-0.4, -0.2) is 38.7 Å². The highest BCUT2D eigenvalue weighted by atomic mass is 16.5. The molecule has 0 aliphatic heterocycles. The standard InChI is InChI=1S/C44H33NO2.C42H31NO2.C40H31NO2/c1-28(46)44(29(2)47-3)42-26-40-38-18-10-11-19-39(38)43(27-41(40)36-16-8-9-17-37(36)42)45(34-22-20-30-12-4-6-14-32(30)24-34)35-23-21-31-13-5-7-15-33(31)25-35;1-26(44)40(27(2)45-3)36-20-14-30-16-22-38-39(23-17-31-15-21-37(36)41(30)42(31)38)43(34-18-12-28-8-4-6-10-32(28)24-34)35-19-13-29-9-5-7-11-33(29)25-35;1-26(42)38(27(2)43-3)39-34-16-8-10-18-36(34)40(37-19-11-9-17-35(37)39)41(32-22-20-28-12-4-6-14-30(28)24-32)33-23-21-29-13-5-7-15-31(29)25-33/h4-27H,1-3H3;4-25H,1-3H3;4-25H,1-3H3/b44-29+;40-27+;38-27+. The van der Waals surface area contributed by atoms with Crippen LogP contribution in [0.25, 0.3) is 168 Å². The molecule has 23 aromatic carbocycles. The van der Waals surface area contributed by atoms with Crippen LogP contribution in [0.4, 0.5) is 51.2 Å². The summed E-state index contributed by atoms with van der Waals surface area (Å²) in [6, 6.07) is 147. The Morgan fingerprint density at radius 2 is 0.467 bits per heavy atom. The van der Waals surface area contributed by atoms with Crippen LogP contribution in [0.3, 0.4) is 0 Å². The van der Waals surface area contributed by atoms with Gasteiger partial charge in [-0.3, -0.25) is 14.4 Å². The second kappa shape index (κ2) is 35.7. The monoisotopic (exact) mass is 1750 g/mol. The molecule has 23 rings (SSSR count). The Morgan fingerprint density at radius 1 is 0.193 bits per heavy atom. The Labute approximate surface area is 783 Å². The van der Waals surface area contributed by atoms with Gasteiger partial charge in [0.2, 0.25) is 0 Å². The number of methoxy groups -OCH3 is 3. The first-order valence-electron chi connectivity index (χ1n) is 45.7. The summed E-state index contributed by atoms with van der Waals surface area (Å²) in [4.78, 5) is 46.3. The summed E-state index contributed by atoms with van der Waals surface area (Å²) in [5.41, 5.74) is 14.3. The highest BCUT2D eigenvalue weighted by molar-refractivity contribution is 6.34. The van der Waals surface area contributed by atoms with Gasteiger partial charge in [-0.2, -0.15) is 0 Å². The Balaban J connectivity index is 0.000000121. The van der Waals surface area contributed by atoms with Crippen molar-refractivity contribution in [2.75, 3.05) is 36.0 Å².